The molecule has 0 aromatic heterocycles. The van der Waals surface area contributed by atoms with Gasteiger partial charge >= 0.3 is 0 Å². The number of rotatable bonds is 4. The lowest BCUT2D eigenvalue weighted by Gasteiger charge is -2.17. The van der Waals surface area contributed by atoms with Crippen LogP contribution in [0.15, 0.2) is 36.1 Å². The molecule has 22 heavy (non-hydrogen) atoms. The molecule has 0 bridgehead atoms. The van der Waals surface area contributed by atoms with Gasteiger partial charge < -0.3 is 10.1 Å². The van der Waals surface area contributed by atoms with Crippen LogP contribution < -0.4 is 5.32 Å². The number of carbonyl (C=O) groups excluding carboxylic acids is 3. The number of allylic oxidation sites excluding steroid dienone is 3. The van der Waals surface area contributed by atoms with E-state index in [0.717, 1.165) is 6.08 Å². The van der Waals surface area contributed by atoms with Crippen LogP contribution in [0.3, 0.4) is 0 Å². The standard InChI is InChI=1S/C17H19NO4/c19-13-10-12(15(21)17-16(13)22-17)18-14(20)9-5-4-8-11-6-2-1-3-7-11/h4-5,8-11,16-17H,1-3,6-7H2,(H,18,20)/b8-4+,9-5+/t16-,17+/m1/s1. The number of fused-ring (bicyclic) bond motifs is 1. The van der Waals surface area contributed by atoms with E-state index in [4.69, 9.17) is 4.74 Å². The van der Waals surface area contributed by atoms with Gasteiger partial charge in [-0.1, -0.05) is 37.5 Å². The SMILES string of the molecule is O=C(/C=C/C=C/C1CCCCC1)NC1=CC(=O)[C@H]2O[C@H]2C1=O. The molecule has 2 atom stereocenters. The van der Waals surface area contributed by atoms with Gasteiger partial charge in [0, 0.05) is 12.2 Å². The average molecular weight is 301 g/mol. The number of ketones is 2. The molecule has 0 aromatic rings. The Morgan fingerprint density at radius 2 is 1.91 bits per heavy atom. The van der Waals surface area contributed by atoms with E-state index in [1.165, 1.54) is 38.2 Å². The highest BCUT2D eigenvalue weighted by Gasteiger charge is 2.53. The highest BCUT2D eigenvalue weighted by Crippen LogP contribution is 2.30. The van der Waals surface area contributed by atoms with Crippen LogP contribution in [0.2, 0.25) is 0 Å². The van der Waals surface area contributed by atoms with Crippen LogP contribution in [0.1, 0.15) is 32.1 Å². The number of ether oxygens (including phenoxy) is 1. The summed E-state index contributed by atoms with van der Waals surface area (Å²) >= 11 is 0. The first kappa shape index (κ1) is 14.9. The van der Waals surface area contributed by atoms with Crippen LogP contribution in [-0.4, -0.2) is 29.7 Å². The maximum absolute atomic E-state index is 11.8. The number of hydrogen-bond donors (Lipinski definition) is 1. The first-order chi connectivity index (χ1) is 10.6. The molecule has 2 fully saturated rings. The van der Waals surface area contributed by atoms with Gasteiger partial charge in [-0.25, -0.2) is 0 Å². The second-order valence-corrected chi connectivity index (χ2v) is 5.93. The van der Waals surface area contributed by atoms with E-state index in [1.54, 1.807) is 6.08 Å². The van der Waals surface area contributed by atoms with E-state index in [2.05, 4.69) is 11.4 Å². The van der Waals surface area contributed by atoms with Crippen molar-refractivity contribution < 1.29 is 19.1 Å². The number of amides is 1. The molecule has 1 heterocycles. The topological polar surface area (TPSA) is 75.8 Å². The van der Waals surface area contributed by atoms with Crippen LogP contribution in [0.4, 0.5) is 0 Å². The number of Topliss-reactive ketones (excluding diaryl/α,β-unsaturated/α-hetero) is 1. The highest BCUT2D eigenvalue weighted by molar-refractivity contribution is 6.17. The van der Waals surface area contributed by atoms with Crippen molar-refractivity contribution in [3.05, 3.63) is 36.1 Å². The predicted octanol–water partition coefficient (Wildman–Crippen LogP) is 1.60. The maximum Gasteiger partial charge on any atom is 0.248 e. The van der Waals surface area contributed by atoms with Crippen molar-refractivity contribution in [1.29, 1.82) is 0 Å². The van der Waals surface area contributed by atoms with Crippen molar-refractivity contribution in [3.63, 3.8) is 0 Å². The molecule has 116 valence electrons. The molecule has 1 aliphatic heterocycles. The molecule has 1 amide bonds. The molecule has 5 nitrogen and oxygen atoms in total. The van der Waals surface area contributed by atoms with Gasteiger partial charge in [-0.05, 0) is 18.8 Å². The molecule has 5 heteroatoms. The first-order valence-corrected chi connectivity index (χ1v) is 7.76. The molecule has 0 radical (unpaired) electrons. The molecule has 0 spiro atoms. The van der Waals surface area contributed by atoms with Crippen molar-refractivity contribution >= 4 is 17.5 Å². The summed E-state index contributed by atoms with van der Waals surface area (Å²) in [5.41, 5.74) is 0.0228. The largest absolute Gasteiger partial charge is 0.352 e. The number of hydrogen-bond acceptors (Lipinski definition) is 4. The molecule has 1 saturated carbocycles. The molecular formula is C17H19NO4. The molecule has 0 aromatic carbocycles. The predicted molar refractivity (Wildman–Crippen MR) is 79.8 cm³/mol. The highest BCUT2D eigenvalue weighted by atomic mass is 16.6. The summed E-state index contributed by atoms with van der Waals surface area (Å²) in [6, 6.07) is 0. The Hall–Kier alpha value is -2.01. The summed E-state index contributed by atoms with van der Waals surface area (Å²) < 4.78 is 4.95. The van der Waals surface area contributed by atoms with Gasteiger partial charge in [0.1, 0.15) is 0 Å². The zero-order chi connectivity index (χ0) is 15.5. The van der Waals surface area contributed by atoms with Gasteiger partial charge in [0.15, 0.2) is 18.0 Å². The van der Waals surface area contributed by atoms with Crippen molar-refractivity contribution in [1.82, 2.24) is 5.32 Å². The normalized spacial score (nSPS) is 28.8. The number of epoxide rings is 1. The second kappa shape index (κ2) is 6.40. The second-order valence-electron chi connectivity index (χ2n) is 5.93. The Labute approximate surface area is 129 Å². The van der Waals surface area contributed by atoms with Crippen molar-refractivity contribution in [2.45, 2.75) is 44.3 Å². The lowest BCUT2D eigenvalue weighted by atomic mass is 9.89. The fraction of sp³-hybridized carbons (Fsp3) is 0.471. The number of nitrogens with one attached hydrogen (secondary N) is 1. The molecule has 1 N–H and O–H groups in total. The zero-order valence-corrected chi connectivity index (χ0v) is 12.3. The molecule has 0 unspecified atom stereocenters. The molecule has 1 saturated heterocycles. The van der Waals surface area contributed by atoms with Gasteiger partial charge in [0.2, 0.25) is 11.7 Å². The Morgan fingerprint density at radius 3 is 2.68 bits per heavy atom. The van der Waals surface area contributed by atoms with E-state index in [9.17, 15) is 14.4 Å². The van der Waals surface area contributed by atoms with Gasteiger partial charge in [-0.2, -0.15) is 0 Å². The number of carbonyl (C=O) groups is 3. The van der Waals surface area contributed by atoms with Crippen molar-refractivity contribution in [2.75, 3.05) is 0 Å². The quantitative estimate of drug-likeness (QED) is 0.486. The lowest BCUT2D eigenvalue weighted by Crippen LogP contribution is -2.33. The van der Waals surface area contributed by atoms with Gasteiger partial charge in [0.05, 0.1) is 5.70 Å². The monoisotopic (exact) mass is 301 g/mol. The third kappa shape index (κ3) is 3.42. The van der Waals surface area contributed by atoms with Crippen molar-refractivity contribution in [3.8, 4) is 0 Å². The molecule has 3 rings (SSSR count). The van der Waals surface area contributed by atoms with Crippen LogP contribution >= 0.6 is 0 Å². The smallest absolute Gasteiger partial charge is 0.248 e. The summed E-state index contributed by atoms with van der Waals surface area (Å²) in [4.78, 5) is 35.0. The maximum atomic E-state index is 11.8. The average Bonchev–Trinajstić information content (AvgIpc) is 3.31. The van der Waals surface area contributed by atoms with Crippen LogP contribution in [0, 0.1) is 5.92 Å². The zero-order valence-electron chi connectivity index (χ0n) is 12.3. The molecule has 3 aliphatic rings. The third-order valence-electron chi connectivity index (χ3n) is 4.23. The summed E-state index contributed by atoms with van der Waals surface area (Å²) in [5, 5.41) is 2.45. The fourth-order valence-corrected chi connectivity index (χ4v) is 2.94. The Morgan fingerprint density at radius 1 is 1.14 bits per heavy atom. The first-order valence-electron chi connectivity index (χ1n) is 7.76. The molecule has 2 aliphatic carbocycles. The van der Waals surface area contributed by atoms with Gasteiger partial charge in [0.25, 0.3) is 0 Å². The third-order valence-corrected chi connectivity index (χ3v) is 4.23. The van der Waals surface area contributed by atoms with Crippen molar-refractivity contribution in [2.24, 2.45) is 5.92 Å². The van der Waals surface area contributed by atoms with Gasteiger partial charge in [-0.3, -0.25) is 14.4 Å². The van der Waals surface area contributed by atoms with Crippen LogP contribution in [0.25, 0.3) is 0 Å². The minimum absolute atomic E-state index is 0.0228. The lowest BCUT2D eigenvalue weighted by molar-refractivity contribution is -0.122. The molecular weight excluding hydrogens is 282 g/mol. The summed E-state index contributed by atoms with van der Waals surface area (Å²) in [6.07, 6.45) is 13.1. The Kier molecular flexibility index (Phi) is 4.34. The van der Waals surface area contributed by atoms with Crippen LogP contribution in [0.5, 0.6) is 0 Å². The summed E-state index contributed by atoms with van der Waals surface area (Å²) in [6.45, 7) is 0. The van der Waals surface area contributed by atoms with E-state index in [1.807, 2.05) is 6.08 Å². The van der Waals surface area contributed by atoms with E-state index >= 15 is 0 Å². The summed E-state index contributed by atoms with van der Waals surface area (Å²) in [5.74, 6) is -0.407. The van der Waals surface area contributed by atoms with Crippen LogP contribution in [-0.2, 0) is 19.1 Å². The summed E-state index contributed by atoms with van der Waals surface area (Å²) in [7, 11) is 0. The Balaban J connectivity index is 1.49. The van der Waals surface area contributed by atoms with E-state index in [-0.39, 0.29) is 17.3 Å². The minimum atomic E-state index is -0.692. The Bertz CT molecular complexity index is 581. The minimum Gasteiger partial charge on any atom is -0.352 e. The fourth-order valence-electron chi connectivity index (χ4n) is 2.94. The van der Waals surface area contributed by atoms with E-state index < -0.39 is 18.1 Å². The van der Waals surface area contributed by atoms with Gasteiger partial charge in [-0.15, -0.1) is 0 Å². The van der Waals surface area contributed by atoms with E-state index in [0.29, 0.717) is 5.92 Å².